The van der Waals surface area contributed by atoms with Gasteiger partial charge in [-0.25, -0.2) is 4.79 Å². The molecule has 1 fully saturated rings. The van der Waals surface area contributed by atoms with E-state index >= 15 is 0 Å². The molecule has 1 aromatic heterocycles. The molecule has 2 rings (SSSR count). The van der Waals surface area contributed by atoms with Gasteiger partial charge in [0.25, 0.3) is 0 Å². The Kier molecular flexibility index (Phi) is 5.34. The number of ether oxygens (including phenoxy) is 1. The third-order valence-corrected chi connectivity index (χ3v) is 3.38. The molecule has 0 aliphatic carbocycles. The molecule has 20 heavy (non-hydrogen) atoms. The zero-order valence-electron chi connectivity index (χ0n) is 12.1. The predicted octanol–water partition coefficient (Wildman–Crippen LogP) is 1.86. The fourth-order valence-electron chi connectivity index (χ4n) is 2.45. The number of hydrogen-bond donors (Lipinski definition) is 1. The minimum absolute atomic E-state index is 0.0640. The Morgan fingerprint density at radius 3 is 3.10 bits per heavy atom. The van der Waals surface area contributed by atoms with Gasteiger partial charge in [0.05, 0.1) is 0 Å². The molecule has 0 radical (unpaired) electrons. The van der Waals surface area contributed by atoms with Gasteiger partial charge in [-0.3, -0.25) is 0 Å². The van der Waals surface area contributed by atoms with Crippen LogP contribution in [0.3, 0.4) is 0 Å². The largest absolute Gasteiger partial charge is 0.377 e. The first kappa shape index (κ1) is 14.8. The Hall–Kier alpha value is -1.63. The van der Waals surface area contributed by atoms with Crippen LogP contribution in [0.4, 0.5) is 4.79 Å². The van der Waals surface area contributed by atoms with Gasteiger partial charge in [-0.1, -0.05) is 18.0 Å². The number of amides is 2. The van der Waals surface area contributed by atoms with Gasteiger partial charge in [0.1, 0.15) is 12.6 Å². The van der Waals surface area contributed by atoms with Crippen LogP contribution in [0.15, 0.2) is 4.52 Å². The molecule has 1 aliphatic heterocycles. The number of carbonyl (C=O) groups excluding carboxylic acids is 1. The summed E-state index contributed by atoms with van der Waals surface area (Å²) in [6.45, 7) is 3.56. The molecule has 7 nitrogen and oxygen atoms in total. The van der Waals surface area contributed by atoms with E-state index in [2.05, 4.69) is 15.5 Å². The van der Waals surface area contributed by atoms with Crippen LogP contribution < -0.4 is 5.32 Å². The lowest BCUT2D eigenvalue weighted by molar-refractivity contribution is 0.159. The molecular weight excluding hydrogens is 260 g/mol. The third kappa shape index (κ3) is 3.47. The van der Waals surface area contributed by atoms with Crippen LogP contribution in [0.25, 0.3) is 0 Å². The van der Waals surface area contributed by atoms with Gasteiger partial charge in [-0.15, -0.1) is 0 Å². The second kappa shape index (κ2) is 7.23. The number of urea groups is 1. The zero-order valence-corrected chi connectivity index (χ0v) is 12.1. The Morgan fingerprint density at radius 2 is 2.35 bits per heavy atom. The topological polar surface area (TPSA) is 80.5 Å². The van der Waals surface area contributed by atoms with E-state index in [4.69, 9.17) is 9.26 Å². The summed E-state index contributed by atoms with van der Waals surface area (Å²) in [7, 11) is 1.59. The van der Waals surface area contributed by atoms with Gasteiger partial charge in [0.15, 0.2) is 5.82 Å². The normalized spacial score (nSPS) is 19.7. The van der Waals surface area contributed by atoms with Crippen molar-refractivity contribution < 1.29 is 14.1 Å². The molecule has 2 amide bonds. The van der Waals surface area contributed by atoms with Crippen molar-refractivity contribution in [3.05, 3.63) is 11.7 Å². The van der Waals surface area contributed by atoms with Crippen molar-refractivity contribution in [2.75, 3.05) is 20.2 Å². The Morgan fingerprint density at radius 1 is 1.50 bits per heavy atom. The first-order valence-corrected chi connectivity index (χ1v) is 7.12. The maximum atomic E-state index is 12.2. The lowest BCUT2D eigenvalue weighted by Gasteiger charge is -2.27. The number of hydrogen-bond acceptors (Lipinski definition) is 5. The van der Waals surface area contributed by atoms with E-state index in [1.165, 1.54) is 0 Å². The molecule has 1 aromatic rings. The summed E-state index contributed by atoms with van der Waals surface area (Å²) in [5, 5.41) is 6.73. The van der Waals surface area contributed by atoms with Crippen LogP contribution in [0.2, 0.25) is 0 Å². The number of methoxy groups -OCH3 is 1. The van der Waals surface area contributed by atoms with Crippen molar-refractivity contribution in [1.82, 2.24) is 20.4 Å². The molecule has 0 bridgehead atoms. The lowest BCUT2D eigenvalue weighted by Crippen LogP contribution is -2.42. The summed E-state index contributed by atoms with van der Waals surface area (Å²) >= 11 is 0. The van der Waals surface area contributed by atoms with Gasteiger partial charge < -0.3 is 19.5 Å². The molecule has 2 heterocycles. The van der Waals surface area contributed by atoms with Crippen molar-refractivity contribution in [2.45, 2.75) is 45.3 Å². The molecule has 7 heteroatoms. The Bertz CT molecular complexity index is 435. The van der Waals surface area contributed by atoms with E-state index < -0.39 is 0 Å². The zero-order chi connectivity index (χ0) is 14.4. The first-order valence-electron chi connectivity index (χ1n) is 7.12. The van der Waals surface area contributed by atoms with Crippen molar-refractivity contribution in [2.24, 2.45) is 0 Å². The van der Waals surface area contributed by atoms with Crippen molar-refractivity contribution in [3.63, 3.8) is 0 Å². The average molecular weight is 282 g/mol. The quantitative estimate of drug-likeness (QED) is 0.911. The maximum absolute atomic E-state index is 12.2. The predicted molar refractivity (Wildman–Crippen MR) is 72.0 cm³/mol. The number of rotatable bonds is 4. The summed E-state index contributed by atoms with van der Waals surface area (Å²) in [5.41, 5.74) is 0. The van der Waals surface area contributed by atoms with E-state index in [1.807, 2.05) is 6.92 Å². The highest BCUT2D eigenvalue weighted by Crippen LogP contribution is 2.29. The molecule has 112 valence electrons. The van der Waals surface area contributed by atoms with E-state index in [0.717, 1.165) is 32.2 Å². The highest BCUT2D eigenvalue weighted by Gasteiger charge is 2.30. The summed E-state index contributed by atoms with van der Waals surface area (Å²) in [5.74, 6) is 1.02. The Labute approximate surface area is 118 Å². The molecule has 0 saturated carbocycles. The van der Waals surface area contributed by atoms with Gasteiger partial charge in [-0.2, -0.15) is 4.98 Å². The van der Waals surface area contributed by atoms with E-state index in [0.29, 0.717) is 24.9 Å². The first-order chi connectivity index (χ1) is 9.76. The van der Waals surface area contributed by atoms with Gasteiger partial charge in [0.2, 0.25) is 5.89 Å². The second-order valence-corrected chi connectivity index (χ2v) is 4.88. The van der Waals surface area contributed by atoms with E-state index in [1.54, 1.807) is 12.0 Å². The van der Waals surface area contributed by atoms with E-state index in [-0.39, 0.29) is 12.1 Å². The summed E-state index contributed by atoms with van der Waals surface area (Å²) in [4.78, 5) is 18.3. The summed E-state index contributed by atoms with van der Waals surface area (Å²) in [6.07, 6.45) is 4.03. The van der Waals surface area contributed by atoms with Crippen LogP contribution in [-0.4, -0.2) is 41.3 Å². The average Bonchev–Trinajstić information content (AvgIpc) is 2.75. The highest BCUT2D eigenvalue weighted by atomic mass is 16.5. The van der Waals surface area contributed by atoms with Gasteiger partial charge in [-0.05, 0) is 19.8 Å². The minimum atomic E-state index is -0.137. The molecule has 0 aromatic carbocycles. The molecule has 1 N–H and O–H groups in total. The van der Waals surface area contributed by atoms with Crippen LogP contribution >= 0.6 is 0 Å². The standard InChI is InChI=1S/C13H22N4O3/c1-3-14-13(18)17-8-6-4-5-7-10(17)12-15-11(9-19-2)16-20-12/h10H,3-9H2,1-2H3,(H,14,18). The third-order valence-electron chi connectivity index (χ3n) is 3.38. The minimum Gasteiger partial charge on any atom is -0.377 e. The maximum Gasteiger partial charge on any atom is 0.318 e. The number of aromatic nitrogens is 2. The monoisotopic (exact) mass is 282 g/mol. The summed E-state index contributed by atoms with van der Waals surface area (Å²) in [6, 6.07) is -0.201. The van der Waals surface area contributed by atoms with Crippen LogP contribution in [0.5, 0.6) is 0 Å². The molecular formula is C13H22N4O3. The fourth-order valence-corrected chi connectivity index (χ4v) is 2.45. The SMILES string of the molecule is CCNC(=O)N1CCCCCC1c1nc(COC)no1. The molecule has 1 aliphatic rings. The number of nitrogens with zero attached hydrogens (tertiary/aromatic N) is 3. The van der Waals surface area contributed by atoms with Crippen molar-refractivity contribution >= 4 is 6.03 Å². The van der Waals surface area contributed by atoms with Crippen molar-refractivity contribution in [3.8, 4) is 0 Å². The van der Waals surface area contributed by atoms with Crippen LogP contribution in [0.1, 0.15) is 50.4 Å². The lowest BCUT2D eigenvalue weighted by atomic mass is 10.1. The molecule has 1 atom stereocenters. The smallest absolute Gasteiger partial charge is 0.318 e. The second-order valence-electron chi connectivity index (χ2n) is 4.88. The number of nitrogens with one attached hydrogen (secondary N) is 1. The van der Waals surface area contributed by atoms with E-state index in [9.17, 15) is 4.79 Å². The number of carbonyl (C=O) groups is 1. The van der Waals surface area contributed by atoms with Gasteiger partial charge >= 0.3 is 6.03 Å². The highest BCUT2D eigenvalue weighted by molar-refractivity contribution is 5.74. The number of likely N-dealkylation sites (tertiary alicyclic amines) is 1. The van der Waals surface area contributed by atoms with Crippen molar-refractivity contribution in [1.29, 1.82) is 0 Å². The van der Waals surface area contributed by atoms with Crippen LogP contribution in [0, 0.1) is 0 Å². The molecule has 1 unspecified atom stereocenters. The Balaban J connectivity index is 2.16. The van der Waals surface area contributed by atoms with Crippen LogP contribution in [-0.2, 0) is 11.3 Å². The fraction of sp³-hybridized carbons (Fsp3) is 0.769. The molecule has 0 spiro atoms. The molecule has 1 saturated heterocycles. The summed E-state index contributed by atoms with van der Waals surface area (Å²) < 4.78 is 10.3. The van der Waals surface area contributed by atoms with Gasteiger partial charge in [0, 0.05) is 20.2 Å².